The lowest BCUT2D eigenvalue weighted by Crippen LogP contribution is -2.15. The first-order chi connectivity index (χ1) is 9.31. The van der Waals surface area contributed by atoms with E-state index in [1.54, 1.807) is 24.2 Å². The molecule has 19 heavy (non-hydrogen) atoms. The molecule has 1 aromatic carbocycles. The van der Waals surface area contributed by atoms with Gasteiger partial charge in [0.05, 0.1) is 0 Å². The van der Waals surface area contributed by atoms with Crippen LogP contribution < -0.4 is 5.32 Å². The van der Waals surface area contributed by atoms with Crippen LogP contribution in [0.15, 0.2) is 52.5 Å². The Labute approximate surface area is 122 Å². The van der Waals surface area contributed by atoms with Crippen LogP contribution in [-0.2, 0) is 6.54 Å². The number of nitrogens with one attached hydrogen (secondary N) is 1. The molecule has 1 N–H and O–H groups in total. The molecule has 0 aliphatic heterocycles. The van der Waals surface area contributed by atoms with Crippen molar-refractivity contribution in [3.05, 3.63) is 53.3 Å². The SMILES string of the molecule is Clc1cc(Sc2ccncc2)ccc1CNC1CC1. The zero-order valence-corrected chi connectivity index (χ0v) is 12.0. The quantitative estimate of drug-likeness (QED) is 0.896. The first-order valence-corrected chi connectivity index (χ1v) is 7.60. The molecule has 98 valence electrons. The van der Waals surface area contributed by atoms with E-state index in [0.717, 1.165) is 16.5 Å². The molecule has 0 radical (unpaired) electrons. The Morgan fingerprint density at radius 2 is 1.95 bits per heavy atom. The summed E-state index contributed by atoms with van der Waals surface area (Å²) in [4.78, 5) is 6.35. The molecule has 2 nitrogen and oxygen atoms in total. The van der Waals surface area contributed by atoms with Gasteiger partial charge in [0, 0.05) is 39.8 Å². The van der Waals surface area contributed by atoms with Crippen LogP contribution in [0.3, 0.4) is 0 Å². The van der Waals surface area contributed by atoms with Crippen molar-refractivity contribution in [1.29, 1.82) is 0 Å². The van der Waals surface area contributed by atoms with Gasteiger partial charge < -0.3 is 5.32 Å². The molecule has 1 aliphatic rings. The molecule has 3 rings (SSSR count). The lowest BCUT2D eigenvalue weighted by atomic mass is 10.2. The maximum atomic E-state index is 6.33. The van der Waals surface area contributed by atoms with Crippen molar-refractivity contribution in [1.82, 2.24) is 10.3 Å². The summed E-state index contributed by atoms with van der Waals surface area (Å²) in [5.41, 5.74) is 1.17. The van der Waals surface area contributed by atoms with Gasteiger partial charge in [-0.15, -0.1) is 0 Å². The number of benzene rings is 1. The Morgan fingerprint density at radius 1 is 1.16 bits per heavy atom. The van der Waals surface area contributed by atoms with Crippen LogP contribution in [0.1, 0.15) is 18.4 Å². The monoisotopic (exact) mass is 290 g/mol. The standard InChI is InChI=1S/C15H15ClN2S/c16-15-9-14(19-13-5-7-17-8-6-13)4-1-11(15)10-18-12-2-3-12/h1,4-9,12,18H,2-3,10H2. The summed E-state index contributed by atoms with van der Waals surface area (Å²) in [7, 11) is 0. The summed E-state index contributed by atoms with van der Waals surface area (Å²) in [5, 5.41) is 4.32. The van der Waals surface area contributed by atoms with Gasteiger partial charge in [-0.2, -0.15) is 0 Å². The van der Waals surface area contributed by atoms with Crippen molar-refractivity contribution in [2.24, 2.45) is 0 Å². The second-order valence-corrected chi connectivity index (χ2v) is 6.25. The van der Waals surface area contributed by atoms with Crippen LogP contribution >= 0.6 is 23.4 Å². The Balaban J connectivity index is 1.67. The molecule has 1 heterocycles. The number of rotatable bonds is 5. The Morgan fingerprint density at radius 3 is 2.63 bits per heavy atom. The summed E-state index contributed by atoms with van der Waals surface area (Å²) >= 11 is 8.04. The van der Waals surface area contributed by atoms with Gasteiger partial charge in [-0.05, 0) is 42.7 Å². The third-order valence-corrected chi connectivity index (χ3v) is 4.42. The van der Waals surface area contributed by atoms with Gasteiger partial charge >= 0.3 is 0 Å². The minimum atomic E-state index is 0.710. The van der Waals surface area contributed by atoms with E-state index in [9.17, 15) is 0 Å². The van der Waals surface area contributed by atoms with Crippen LogP contribution in [0.5, 0.6) is 0 Å². The van der Waals surface area contributed by atoms with Crippen LogP contribution in [0.2, 0.25) is 5.02 Å². The highest BCUT2D eigenvalue weighted by Gasteiger charge is 2.20. The van der Waals surface area contributed by atoms with E-state index in [2.05, 4.69) is 22.4 Å². The minimum Gasteiger partial charge on any atom is -0.310 e. The van der Waals surface area contributed by atoms with Gasteiger partial charge in [0.1, 0.15) is 0 Å². The summed E-state index contributed by atoms with van der Waals surface area (Å²) in [5.74, 6) is 0. The zero-order chi connectivity index (χ0) is 13.1. The average Bonchev–Trinajstić information content (AvgIpc) is 3.23. The predicted octanol–water partition coefficient (Wildman–Crippen LogP) is 4.14. The highest BCUT2D eigenvalue weighted by molar-refractivity contribution is 7.99. The maximum absolute atomic E-state index is 6.33. The maximum Gasteiger partial charge on any atom is 0.0462 e. The average molecular weight is 291 g/mol. The fraction of sp³-hybridized carbons (Fsp3) is 0.267. The molecule has 0 unspecified atom stereocenters. The van der Waals surface area contributed by atoms with Gasteiger partial charge in [0.15, 0.2) is 0 Å². The van der Waals surface area contributed by atoms with Crippen molar-refractivity contribution in [3.63, 3.8) is 0 Å². The van der Waals surface area contributed by atoms with Crippen molar-refractivity contribution < 1.29 is 0 Å². The van der Waals surface area contributed by atoms with Gasteiger partial charge in [0.2, 0.25) is 0 Å². The minimum absolute atomic E-state index is 0.710. The molecule has 2 aromatic rings. The number of pyridine rings is 1. The van der Waals surface area contributed by atoms with E-state index < -0.39 is 0 Å². The van der Waals surface area contributed by atoms with Crippen LogP contribution in [0.25, 0.3) is 0 Å². The number of nitrogens with zero attached hydrogens (tertiary/aromatic N) is 1. The highest BCUT2D eigenvalue weighted by atomic mass is 35.5. The Kier molecular flexibility index (Phi) is 4.06. The third-order valence-electron chi connectivity index (χ3n) is 3.07. The summed E-state index contributed by atoms with van der Waals surface area (Å²) < 4.78 is 0. The predicted molar refractivity (Wildman–Crippen MR) is 79.7 cm³/mol. The van der Waals surface area contributed by atoms with E-state index in [-0.39, 0.29) is 0 Å². The van der Waals surface area contributed by atoms with E-state index in [1.807, 2.05) is 18.2 Å². The topological polar surface area (TPSA) is 24.9 Å². The smallest absolute Gasteiger partial charge is 0.0462 e. The largest absolute Gasteiger partial charge is 0.310 e. The molecule has 1 fully saturated rings. The molecule has 1 aliphatic carbocycles. The second kappa shape index (κ2) is 5.95. The molecule has 0 saturated heterocycles. The fourth-order valence-corrected chi connectivity index (χ4v) is 2.97. The van der Waals surface area contributed by atoms with E-state index >= 15 is 0 Å². The second-order valence-electron chi connectivity index (χ2n) is 4.69. The normalized spacial score (nSPS) is 14.6. The van der Waals surface area contributed by atoms with Gasteiger partial charge in [-0.1, -0.05) is 29.4 Å². The Bertz CT molecular complexity index is 555. The van der Waals surface area contributed by atoms with Gasteiger partial charge in [0.25, 0.3) is 0 Å². The molecule has 0 spiro atoms. The Hall–Kier alpha value is -1.03. The molecular formula is C15H15ClN2S. The first kappa shape index (κ1) is 13.0. The fourth-order valence-electron chi connectivity index (χ4n) is 1.82. The number of halogens is 1. The highest BCUT2D eigenvalue weighted by Crippen LogP contribution is 2.30. The van der Waals surface area contributed by atoms with E-state index in [1.165, 1.54) is 23.3 Å². The van der Waals surface area contributed by atoms with E-state index in [0.29, 0.717) is 6.04 Å². The molecule has 1 saturated carbocycles. The van der Waals surface area contributed by atoms with Crippen molar-refractivity contribution in [3.8, 4) is 0 Å². The summed E-state index contributed by atoms with van der Waals surface area (Å²) in [6, 6.07) is 11.0. The lowest BCUT2D eigenvalue weighted by Gasteiger charge is -2.08. The molecule has 0 amide bonds. The van der Waals surface area contributed by atoms with Gasteiger partial charge in [-0.25, -0.2) is 0 Å². The molecule has 0 atom stereocenters. The lowest BCUT2D eigenvalue weighted by molar-refractivity contribution is 0.687. The number of aromatic nitrogens is 1. The first-order valence-electron chi connectivity index (χ1n) is 6.41. The summed E-state index contributed by atoms with van der Waals surface area (Å²) in [6.45, 7) is 0.865. The van der Waals surface area contributed by atoms with Gasteiger partial charge in [-0.3, -0.25) is 4.98 Å². The summed E-state index contributed by atoms with van der Waals surface area (Å²) in [6.07, 6.45) is 6.21. The molecule has 0 bridgehead atoms. The third kappa shape index (κ3) is 3.72. The van der Waals surface area contributed by atoms with Crippen molar-refractivity contribution in [2.75, 3.05) is 0 Å². The molecular weight excluding hydrogens is 276 g/mol. The van der Waals surface area contributed by atoms with Crippen LogP contribution in [0.4, 0.5) is 0 Å². The molecule has 4 heteroatoms. The van der Waals surface area contributed by atoms with Crippen molar-refractivity contribution in [2.45, 2.75) is 35.2 Å². The van der Waals surface area contributed by atoms with E-state index in [4.69, 9.17) is 11.6 Å². The van der Waals surface area contributed by atoms with Crippen molar-refractivity contribution >= 4 is 23.4 Å². The zero-order valence-electron chi connectivity index (χ0n) is 10.5. The number of hydrogen-bond donors (Lipinski definition) is 1. The van der Waals surface area contributed by atoms with Crippen LogP contribution in [-0.4, -0.2) is 11.0 Å². The molecule has 1 aromatic heterocycles. The number of hydrogen-bond acceptors (Lipinski definition) is 3. The van der Waals surface area contributed by atoms with Crippen LogP contribution in [0, 0.1) is 0 Å².